The minimum Gasteiger partial charge on any atom is -0.343 e. The third kappa shape index (κ3) is 2.00. The van der Waals surface area contributed by atoms with Gasteiger partial charge in [-0.15, -0.1) is 0 Å². The summed E-state index contributed by atoms with van der Waals surface area (Å²) in [7, 11) is 0. The highest BCUT2D eigenvalue weighted by Crippen LogP contribution is 2.30. The standard InChI is InChI=1S/C12H14FN3S/c1-8-7-14-4-5-16(8)12-15-10-3-2-9(13)6-11(10)17-12/h2-3,6,8,14H,4-5,7H2,1H3. The van der Waals surface area contributed by atoms with E-state index in [1.807, 2.05) is 0 Å². The molecule has 3 rings (SSSR count). The van der Waals surface area contributed by atoms with Crippen molar-refractivity contribution in [1.82, 2.24) is 10.3 Å². The van der Waals surface area contributed by atoms with Gasteiger partial charge in [-0.3, -0.25) is 0 Å². The molecule has 1 aromatic heterocycles. The van der Waals surface area contributed by atoms with E-state index in [-0.39, 0.29) is 5.82 Å². The second kappa shape index (κ2) is 4.23. The number of fused-ring (bicyclic) bond motifs is 1. The lowest BCUT2D eigenvalue weighted by molar-refractivity contribution is 0.500. The first-order valence-electron chi connectivity index (χ1n) is 5.77. The highest BCUT2D eigenvalue weighted by Gasteiger charge is 2.21. The Morgan fingerprint density at radius 2 is 2.41 bits per heavy atom. The third-order valence-electron chi connectivity index (χ3n) is 3.09. The van der Waals surface area contributed by atoms with Crippen molar-refractivity contribution in [1.29, 1.82) is 0 Å². The van der Waals surface area contributed by atoms with Gasteiger partial charge in [0.15, 0.2) is 5.13 Å². The van der Waals surface area contributed by atoms with Crippen LogP contribution in [0.1, 0.15) is 6.92 Å². The van der Waals surface area contributed by atoms with Crippen molar-refractivity contribution >= 4 is 26.7 Å². The molecule has 0 bridgehead atoms. The first-order chi connectivity index (χ1) is 8.24. The van der Waals surface area contributed by atoms with Gasteiger partial charge in [0.05, 0.1) is 10.2 Å². The van der Waals surface area contributed by atoms with Gasteiger partial charge in [-0.05, 0) is 25.1 Å². The van der Waals surface area contributed by atoms with E-state index >= 15 is 0 Å². The number of thiazole rings is 1. The van der Waals surface area contributed by atoms with Crippen molar-refractivity contribution in [2.75, 3.05) is 24.5 Å². The molecule has 3 nitrogen and oxygen atoms in total. The van der Waals surface area contributed by atoms with Crippen LogP contribution >= 0.6 is 11.3 Å². The summed E-state index contributed by atoms with van der Waals surface area (Å²) in [5.41, 5.74) is 0.886. The largest absolute Gasteiger partial charge is 0.343 e. The van der Waals surface area contributed by atoms with Crippen LogP contribution in [0.15, 0.2) is 18.2 Å². The third-order valence-corrected chi connectivity index (χ3v) is 4.14. The zero-order chi connectivity index (χ0) is 11.8. The molecule has 1 N–H and O–H groups in total. The van der Waals surface area contributed by atoms with E-state index in [0.717, 1.165) is 35.0 Å². The van der Waals surface area contributed by atoms with Crippen LogP contribution in [0.4, 0.5) is 9.52 Å². The van der Waals surface area contributed by atoms with Crippen LogP contribution in [0.2, 0.25) is 0 Å². The number of nitrogens with one attached hydrogen (secondary N) is 1. The topological polar surface area (TPSA) is 28.2 Å². The maximum absolute atomic E-state index is 13.1. The zero-order valence-corrected chi connectivity index (χ0v) is 10.4. The van der Waals surface area contributed by atoms with E-state index in [1.165, 1.54) is 6.07 Å². The van der Waals surface area contributed by atoms with Crippen LogP contribution in [-0.2, 0) is 0 Å². The van der Waals surface area contributed by atoms with Crippen LogP contribution in [-0.4, -0.2) is 30.7 Å². The lowest BCUT2D eigenvalue weighted by atomic mass is 10.2. The van der Waals surface area contributed by atoms with Crippen molar-refractivity contribution < 1.29 is 4.39 Å². The average Bonchev–Trinajstić information content (AvgIpc) is 2.72. The minimum absolute atomic E-state index is 0.193. The van der Waals surface area contributed by atoms with Crippen LogP contribution in [0.5, 0.6) is 0 Å². The maximum Gasteiger partial charge on any atom is 0.186 e. The Morgan fingerprint density at radius 3 is 3.24 bits per heavy atom. The number of hydrogen-bond donors (Lipinski definition) is 1. The van der Waals surface area contributed by atoms with E-state index in [9.17, 15) is 4.39 Å². The molecule has 2 heterocycles. The molecule has 1 atom stereocenters. The molecule has 1 saturated heterocycles. The second-order valence-electron chi connectivity index (χ2n) is 4.36. The summed E-state index contributed by atoms with van der Waals surface area (Å²) in [5, 5.41) is 4.35. The smallest absolute Gasteiger partial charge is 0.186 e. The number of halogens is 1. The normalized spacial score (nSPS) is 21.1. The van der Waals surface area contributed by atoms with Gasteiger partial charge in [-0.2, -0.15) is 0 Å². The number of piperazine rings is 1. The maximum atomic E-state index is 13.1. The molecule has 1 unspecified atom stereocenters. The molecule has 0 spiro atoms. The molecule has 5 heteroatoms. The quantitative estimate of drug-likeness (QED) is 0.842. The van der Waals surface area contributed by atoms with Crippen molar-refractivity contribution in [3.05, 3.63) is 24.0 Å². The first kappa shape index (κ1) is 10.9. The Morgan fingerprint density at radius 1 is 1.53 bits per heavy atom. The Hall–Kier alpha value is -1.20. The molecular formula is C12H14FN3S. The minimum atomic E-state index is -0.193. The second-order valence-corrected chi connectivity index (χ2v) is 5.36. The van der Waals surface area contributed by atoms with Crippen LogP contribution in [0.25, 0.3) is 10.2 Å². The average molecular weight is 251 g/mol. The van der Waals surface area contributed by atoms with Gasteiger partial charge in [0.2, 0.25) is 0 Å². The molecule has 0 saturated carbocycles. The van der Waals surface area contributed by atoms with Crippen LogP contribution < -0.4 is 10.2 Å². The Balaban J connectivity index is 1.99. The van der Waals surface area contributed by atoms with Crippen LogP contribution in [0.3, 0.4) is 0 Å². The molecular weight excluding hydrogens is 237 g/mol. The van der Waals surface area contributed by atoms with E-state index in [1.54, 1.807) is 23.5 Å². The summed E-state index contributed by atoms with van der Waals surface area (Å²) < 4.78 is 14.0. The van der Waals surface area contributed by atoms with Crippen molar-refractivity contribution in [3.63, 3.8) is 0 Å². The van der Waals surface area contributed by atoms with Gasteiger partial charge in [-0.25, -0.2) is 9.37 Å². The van der Waals surface area contributed by atoms with Gasteiger partial charge < -0.3 is 10.2 Å². The number of aromatic nitrogens is 1. The fourth-order valence-electron chi connectivity index (χ4n) is 2.13. The highest BCUT2D eigenvalue weighted by atomic mass is 32.1. The Bertz CT molecular complexity index is 540. The molecule has 1 aliphatic rings. The summed E-state index contributed by atoms with van der Waals surface area (Å²) in [6.45, 7) is 5.10. The molecule has 90 valence electrons. The predicted molar refractivity (Wildman–Crippen MR) is 69.3 cm³/mol. The van der Waals surface area contributed by atoms with Gasteiger partial charge in [-0.1, -0.05) is 11.3 Å². The molecule has 0 radical (unpaired) electrons. The monoisotopic (exact) mass is 251 g/mol. The molecule has 0 aliphatic carbocycles. The first-order valence-corrected chi connectivity index (χ1v) is 6.59. The van der Waals surface area contributed by atoms with Crippen molar-refractivity contribution in [2.24, 2.45) is 0 Å². The summed E-state index contributed by atoms with van der Waals surface area (Å²) in [5.74, 6) is -0.193. The molecule has 1 aliphatic heterocycles. The summed E-state index contributed by atoms with van der Waals surface area (Å²) >= 11 is 1.57. The van der Waals surface area contributed by atoms with E-state index in [2.05, 4.69) is 22.1 Å². The number of anilines is 1. The number of nitrogens with zero attached hydrogens (tertiary/aromatic N) is 2. The van der Waals surface area contributed by atoms with E-state index < -0.39 is 0 Å². The van der Waals surface area contributed by atoms with Crippen molar-refractivity contribution in [3.8, 4) is 0 Å². The number of benzene rings is 1. The number of hydrogen-bond acceptors (Lipinski definition) is 4. The van der Waals surface area contributed by atoms with Gasteiger partial charge in [0, 0.05) is 25.7 Å². The van der Waals surface area contributed by atoms with Gasteiger partial charge in [0.1, 0.15) is 5.82 Å². The van der Waals surface area contributed by atoms with Crippen molar-refractivity contribution in [2.45, 2.75) is 13.0 Å². The lowest BCUT2D eigenvalue weighted by Gasteiger charge is -2.33. The van der Waals surface area contributed by atoms with Gasteiger partial charge in [0.25, 0.3) is 0 Å². The highest BCUT2D eigenvalue weighted by molar-refractivity contribution is 7.22. The molecule has 0 amide bonds. The summed E-state index contributed by atoms with van der Waals surface area (Å²) in [4.78, 5) is 6.87. The zero-order valence-electron chi connectivity index (χ0n) is 9.61. The molecule has 2 aromatic rings. The molecule has 1 fully saturated rings. The summed E-state index contributed by atoms with van der Waals surface area (Å²) in [6.07, 6.45) is 0. The van der Waals surface area contributed by atoms with Crippen LogP contribution in [0, 0.1) is 5.82 Å². The lowest BCUT2D eigenvalue weighted by Crippen LogP contribution is -2.49. The predicted octanol–water partition coefficient (Wildman–Crippen LogP) is 2.23. The molecule has 17 heavy (non-hydrogen) atoms. The SMILES string of the molecule is CC1CNCCN1c1nc2ccc(F)cc2s1. The fraction of sp³-hybridized carbons (Fsp3) is 0.417. The van der Waals surface area contributed by atoms with Gasteiger partial charge >= 0.3 is 0 Å². The Labute approximate surface area is 103 Å². The molecule has 1 aromatic carbocycles. The van der Waals surface area contributed by atoms with E-state index in [4.69, 9.17) is 0 Å². The summed E-state index contributed by atoms with van der Waals surface area (Å²) in [6, 6.07) is 5.21. The number of rotatable bonds is 1. The Kier molecular flexibility index (Phi) is 2.72. The fourth-order valence-corrected chi connectivity index (χ4v) is 3.25. The van der Waals surface area contributed by atoms with E-state index in [0.29, 0.717) is 6.04 Å².